The molecule has 2 heterocycles. The Morgan fingerprint density at radius 1 is 1.47 bits per heavy atom. The fraction of sp³-hybridized carbons (Fsp3) is 0.462. The molecular weight excluding hydrogens is 242 g/mol. The number of piperazine rings is 1. The van der Waals surface area contributed by atoms with Gasteiger partial charge in [-0.15, -0.1) is 0 Å². The number of anilines is 1. The minimum atomic E-state index is -0.0131. The van der Waals surface area contributed by atoms with Crippen LogP contribution in [0.4, 0.5) is 10.6 Å². The number of nitrogens with zero attached hydrogens (tertiary/aromatic N) is 4. The third-order valence-electron chi connectivity index (χ3n) is 3.09. The molecule has 0 bridgehead atoms. The molecule has 0 radical (unpaired) electrons. The fourth-order valence-electron chi connectivity index (χ4n) is 2.06. The van der Waals surface area contributed by atoms with Crippen LogP contribution in [0.1, 0.15) is 12.5 Å². The molecule has 19 heavy (non-hydrogen) atoms. The Kier molecular flexibility index (Phi) is 4.18. The van der Waals surface area contributed by atoms with Crippen molar-refractivity contribution < 1.29 is 4.79 Å². The molecule has 0 aliphatic carbocycles. The number of nitriles is 1. The summed E-state index contributed by atoms with van der Waals surface area (Å²) in [6, 6.07) is 5.56. The summed E-state index contributed by atoms with van der Waals surface area (Å²) in [5, 5.41) is 11.7. The molecule has 1 aliphatic rings. The number of amides is 2. The molecule has 1 fully saturated rings. The molecule has 0 aromatic carbocycles. The average molecular weight is 259 g/mol. The number of carbonyl (C=O) groups excluding carboxylic acids is 1. The largest absolute Gasteiger partial charge is 0.353 e. The van der Waals surface area contributed by atoms with Gasteiger partial charge < -0.3 is 15.1 Å². The Labute approximate surface area is 112 Å². The van der Waals surface area contributed by atoms with E-state index in [-0.39, 0.29) is 6.03 Å². The van der Waals surface area contributed by atoms with Gasteiger partial charge in [0.2, 0.25) is 0 Å². The maximum Gasteiger partial charge on any atom is 0.317 e. The summed E-state index contributed by atoms with van der Waals surface area (Å²) < 4.78 is 0. The van der Waals surface area contributed by atoms with Crippen molar-refractivity contribution in [1.29, 1.82) is 5.26 Å². The zero-order valence-electron chi connectivity index (χ0n) is 11.0. The molecule has 0 saturated carbocycles. The second-order valence-corrected chi connectivity index (χ2v) is 4.32. The highest BCUT2D eigenvalue weighted by atomic mass is 16.2. The van der Waals surface area contributed by atoms with Crippen molar-refractivity contribution in [3.8, 4) is 6.07 Å². The number of rotatable bonds is 2. The molecule has 1 saturated heterocycles. The van der Waals surface area contributed by atoms with Crippen molar-refractivity contribution >= 4 is 11.8 Å². The summed E-state index contributed by atoms with van der Waals surface area (Å²) >= 11 is 0. The standard InChI is InChI=1S/C13H17N5O/c1-2-15-13(19)18-7-5-17(6-8-18)12-9-11(10-14)3-4-16-12/h3-4,9H,2,5-8H2,1H3,(H,15,19). The average Bonchev–Trinajstić information content (AvgIpc) is 2.48. The van der Waals surface area contributed by atoms with Gasteiger partial charge in [-0.1, -0.05) is 0 Å². The number of carbonyl (C=O) groups is 1. The molecule has 100 valence electrons. The van der Waals surface area contributed by atoms with Crippen LogP contribution in [-0.4, -0.2) is 48.6 Å². The Hall–Kier alpha value is -2.29. The molecule has 6 nitrogen and oxygen atoms in total. The van der Waals surface area contributed by atoms with Crippen LogP contribution < -0.4 is 10.2 Å². The van der Waals surface area contributed by atoms with Gasteiger partial charge in [-0.3, -0.25) is 0 Å². The predicted octanol–water partition coefficient (Wildman–Crippen LogP) is 0.805. The SMILES string of the molecule is CCNC(=O)N1CCN(c2cc(C#N)ccn2)CC1. The summed E-state index contributed by atoms with van der Waals surface area (Å²) in [6.07, 6.45) is 1.64. The molecule has 2 rings (SSSR count). The van der Waals surface area contributed by atoms with E-state index >= 15 is 0 Å². The van der Waals surface area contributed by atoms with E-state index in [9.17, 15) is 4.79 Å². The monoisotopic (exact) mass is 259 g/mol. The third kappa shape index (κ3) is 3.13. The lowest BCUT2D eigenvalue weighted by molar-refractivity contribution is 0.195. The molecule has 0 atom stereocenters. The Balaban J connectivity index is 1.96. The zero-order valence-corrected chi connectivity index (χ0v) is 11.0. The lowest BCUT2D eigenvalue weighted by atomic mass is 10.2. The van der Waals surface area contributed by atoms with Crippen LogP contribution in [-0.2, 0) is 0 Å². The third-order valence-corrected chi connectivity index (χ3v) is 3.09. The van der Waals surface area contributed by atoms with Crippen LogP contribution in [0.5, 0.6) is 0 Å². The number of aromatic nitrogens is 1. The van der Waals surface area contributed by atoms with Gasteiger partial charge in [-0.25, -0.2) is 9.78 Å². The summed E-state index contributed by atoms with van der Waals surface area (Å²) in [7, 11) is 0. The molecule has 1 aromatic rings. The van der Waals surface area contributed by atoms with Gasteiger partial charge in [-0.2, -0.15) is 5.26 Å². The van der Waals surface area contributed by atoms with E-state index in [2.05, 4.69) is 21.3 Å². The van der Waals surface area contributed by atoms with Crippen molar-refractivity contribution in [3.05, 3.63) is 23.9 Å². The van der Waals surface area contributed by atoms with Gasteiger partial charge in [0.25, 0.3) is 0 Å². The number of urea groups is 1. The van der Waals surface area contributed by atoms with Crippen molar-refractivity contribution in [2.45, 2.75) is 6.92 Å². The molecule has 1 N–H and O–H groups in total. The maximum absolute atomic E-state index is 11.7. The molecule has 1 aromatic heterocycles. The van der Waals surface area contributed by atoms with Gasteiger partial charge in [0.05, 0.1) is 11.6 Å². The van der Waals surface area contributed by atoms with Crippen LogP contribution in [0.2, 0.25) is 0 Å². The molecule has 0 spiro atoms. The quantitative estimate of drug-likeness (QED) is 0.853. The Bertz CT molecular complexity index is 488. The highest BCUT2D eigenvalue weighted by Gasteiger charge is 2.21. The van der Waals surface area contributed by atoms with Crippen LogP contribution in [0.25, 0.3) is 0 Å². The number of hydrogen-bond donors (Lipinski definition) is 1. The normalized spacial score (nSPS) is 14.9. The minimum Gasteiger partial charge on any atom is -0.353 e. The fourth-order valence-corrected chi connectivity index (χ4v) is 2.06. The minimum absolute atomic E-state index is 0.0131. The zero-order chi connectivity index (χ0) is 13.7. The summed E-state index contributed by atoms with van der Waals surface area (Å²) in [5.41, 5.74) is 0.608. The van der Waals surface area contributed by atoms with Gasteiger partial charge in [-0.05, 0) is 19.1 Å². The second-order valence-electron chi connectivity index (χ2n) is 4.32. The Morgan fingerprint density at radius 2 is 2.21 bits per heavy atom. The van der Waals surface area contributed by atoms with Crippen molar-refractivity contribution in [2.24, 2.45) is 0 Å². The Morgan fingerprint density at radius 3 is 2.84 bits per heavy atom. The van der Waals surface area contributed by atoms with E-state index in [1.165, 1.54) is 0 Å². The lowest BCUT2D eigenvalue weighted by Crippen LogP contribution is -2.52. The van der Waals surface area contributed by atoms with Gasteiger partial charge >= 0.3 is 6.03 Å². The number of nitrogens with one attached hydrogen (secondary N) is 1. The first-order valence-corrected chi connectivity index (χ1v) is 6.38. The summed E-state index contributed by atoms with van der Waals surface area (Å²) in [4.78, 5) is 19.8. The first kappa shape index (κ1) is 13.1. The van der Waals surface area contributed by atoms with E-state index in [0.717, 1.165) is 18.9 Å². The van der Waals surface area contributed by atoms with Gasteiger partial charge in [0.15, 0.2) is 0 Å². The van der Waals surface area contributed by atoms with Crippen LogP contribution in [0.15, 0.2) is 18.3 Å². The van der Waals surface area contributed by atoms with Gasteiger partial charge in [0.1, 0.15) is 5.82 Å². The molecular formula is C13H17N5O. The molecule has 6 heteroatoms. The highest BCUT2D eigenvalue weighted by molar-refractivity contribution is 5.74. The molecule has 2 amide bonds. The van der Waals surface area contributed by atoms with E-state index in [4.69, 9.17) is 5.26 Å². The highest BCUT2D eigenvalue weighted by Crippen LogP contribution is 2.14. The van der Waals surface area contributed by atoms with E-state index in [1.54, 1.807) is 23.2 Å². The smallest absolute Gasteiger partial charge is 0.317 e. The first-order chi connectivity index (χ1) is 9.24. The van der Waals surface area contributed by atoms with Crippen molar-refractivity contribution in [2.75, 3.05) is 37.6 Å². The first-order valence-electron chi connectivity index (χ1n) is 6.38. The topological polar surface area (TPSA) is 72.3 Å². The second kappa shape index (κ2) is 6.05. The maximum atomic E-state index is 11.7. The number of hydrogen-bond acceptors (Lipinski definition) is 4. The van der Waals surface area contributed by atoms with Crippen LogP contribution >= 0.6 is 0 Å². The summed E-state index contributed by atoms with van der Waals surface area (Å²) in [5.74, 6) is 0.801. The molecule has 0 unspecified atom stereocenters. The molecule has 1 aliphatic heterocycles. The van der Waals surface area contributed by atoms with Crippen molar-refractivity contribution in [3.63, 3.8) is 0 Å². The van der Waals surface area contributed by atoms with Gasteiger partial charge in [0, 0.05) is 38.9 Å². The lowest BCUT2D eigenvalue weighted by Gasteiger charge is -2.35. The van der Waals surface area contributed by atoms with E-state index in [0.29, 0.717) is 25.2 Å². The number of pyridine rings is 1. The van der Waals surface area contributed by atoms with E-state index in [1.807, 2.05) is 6.92 Å². The van der Waals surface area contributed by atoms with Crippen LogP contribution in [0, 0.1) is 11.3 Å². The predicted molar refractivity (Wildman–Crippen MR) is 71.8 cm³/mol. The van der Waals surface area contributed by atoms with E-state index < -0.39 is 0 Å². The van der Waals surface area contributed by atoms with Crippen LogP contribution in [0.3, 0.4) is 0 Å². The van der Waals surface area contributed by atoms with Crippen molar-refractivity contribution in [1.82, 2.24) is 15.2 Å². The summed E-state index contributed by atoms with van der Waals surface area (Å²) in [6.45, 7) is 5.36.